The van der Waals surface area contributed by atoms with Gasteiger partial charge >= 0.3 is 0 Å². The molecule has 0 radical (unpaired) electrons. The number of aliphatic hydroxyl groups is 1. The van der Waals surface area contributed by atoms with Crippen LogP contribution in [0.2, 0.25) is 0 Å². The number of imidazole rings is 1. The van der Waals surface area contributed by atoms with Gasteiger partial charge < -0.3 is 20.7 Å². The molecule has 1 fully saturated rings. The van der Waals surface area contributed by atoms with E-state index in [4.69, 9.17) is 5.73 Å². The highest BCUT2D eigenvalue weighted by atomic mass is 16.3. The van der Waals surface area contributed by atoms with Crippen LogP contribution < -0.4 is 11.1 Å². The molecule has 0 aromatic carbocycles. The SMILES string of the molecule is CC1(C)CCC(O)(CNC(=O)c2cn(CCN)cn2)CC1. The molecule has 1 amide bonds. The summed E-state index contributed by atoms with van der Waals surface area (Å²) in [5.41, 5.74) is 5.33. The second-order valence-corrected chi connectivity index (χ2v) is 6.86. The molecular formula is C15H26N4O2. The fourth-order valence-electron chi connectivity index (χ4n) is 2.65. The third-order valence-corrected chi connectivity index (χ3v) is 4.37. The summed E-state index contributed by atoms with van der Waals surface area (Å²) < 4.78 is 1.78. The van der Waals surface area contributed by atoms with Gasteiger partial charge in [-0.1, -0.05) is 13.8 Å². The standard InChI is InChI=1S/C15H26N4O2/c1-14(2)3-5-15(21,6-4-14)10-17-13(20)12-9-19(8-7-16)11-18-12/h9,11,21H,3-8,10,16H2,1-2H3,(H,17,20). The Balaban J connectivity index is 1.85. The van der Waals surface area contributed by atoms with Gasteiger partial charge in [-0.2, -0.15) is 0 Å². The number of rotatable bonds is 5. The molecule has 0 bridgehead atoms. The Morgan fingerprint density at radius 1 is 1.43 bits per heavy atom. The van der Waals surface area contributed by atoms with Crippen LogP contribution in [0.3, 0.4) is 0 Å². The van der Waals surface area contributed by atoms with Crippen LogP contribution in [0.1, 0.15) is 50.0 Å². The summed E-state index contributed by atoms with van der Waals surface area (Å²) >= 11 is 0. The van der Waals surface area contributed by atoms with Crippen molar-refractivity contribution in [3.63, 3.8) is 0 Å². The average Bonchev–Trinajstić information content (AvgIpc) is 2.90. The Hall–Kier alpha value is -1.40. The second kappa shape index (κ2) is 6.15. The summed E-state index contributed by atoms with van der Waals surface area (Å²) in [7, 11) is 0. The lowest BCUT2D eigenvalue weighted by Crippen LogP contribution is -2.46. The van der Waals surface area contributed by atoms with Crippen LogP contribution in [0.25, 0.3) is 0 Å². The molecule has 1 aromatic heterocycles. The summed E-state index contributed by atoms with van der Waals surface area (Å²) in [4.78, 5) is 16.1. The molecule has 21 heavy (non-hydrogen) atoms. The largest absolute Gasteiger partial charge is 0.388 e. The first-order chi connectivity index (χ1) is 9.84. The summed E-state index contributed by atoms with van der Waals surface area (Å²) in [5.74, 6) is -0.246. The number of carbonyl (C=O) groups is 1. The molecular weight excluding hydrogens is 268 g/mol. The van der Waals surface area contributed by atoms with E-state index in [1.165, 1.54) is 0 Å². The van der Waals surface area contributed by atoms with E-state index in [2.05, 4.69) is 24.1 Å². The smallest absolute Gasteiger partial charge is 0.271 e. The first-order valence-electron chi connectivity index (χ1n) is 7.56. The van der Waals surface area contributed by atoms with E-state index in [-0.39, 0.29) is 17.9 Å². The number of amides is 1. The van der Waals surface area contributed by atoms with Crippen molar-refractivity contribution in [3.8, 4) is 0 Å². The third-order valence-electron chi connectivity index (χ3n) is 4.37. The normalized spacial score (nSPS) is 20.2. The Kier molecular flexibility index (Phi) is 4.68. The lowest BCUT2D eigenvalue weighted by atomic mass is 9.71. The van der Waals surface area contributed by atoms with Crippen LogP contribution in [-0.4, -0.2) is 39.3 Å². The maximum absolute atomic E-state index is 12.0. The summed E-state index contributed by atoms with van der Waals surface area (Å²) in [6.07, 6.45) is 6.68. The van der Waals surface area contributed by atoms with Crippen molar-refractivity contribution >= 4 is 5.91 Å². The molecule has 1 aromatic rings. The lowest BCUT2D eigenvalue weighted by Gasteiger charge is -2.40. The highest BCUT2D eigenvalue weighted by Gasteiger charge is 2.36. The molecule has 1 saturated carbocycles. The van der Waals surface area contributed by atoms with Crippen molar-refractivity contribution in [1.29, 1.82) is 0 Å². The molecule has 2 rings (SSSR count). The van der Waals surface area contributed by atoms with Gasteiger partial charge in [0.25, 0.3) is 5.91 Å². The molecule has 0 spiro atoms. The van der Waals surface area contributed by atoms with E-state index in [9.17, 15) is 9.90 Å². The summed E-state index contributed by atoms with van der Waals surface area (Å²) in [6, 6.07) is 0. The van der Waals surface area contributed by atoms with E-state index >= 15 is 0 Å². The Morgan fingerprint density at radius 3 is 2.71 bits per heavy atom. The zero-order valence-electron chi connectivity index (χ0n) is 12.9. The Labute approximate surface area is 125 Å². The van der Waals surface area contributed by atoms with Crippen molar-refractivity contribution in [2.45, 2.75) is 51.7 Å². The van der Waals surface area contributed by atoms with Crippen LogP contribution in [0.5, 0.6) is 0 Å². The number of hydrogen-bond donors (Lipinski definition) is 3. The van der Waals surface area contributed by atoms with Crippen LogP contribution in [0, 0.1) is 5.41 Å². The molecule has 0 saturated heterocycles. The van der Waals surface area contributed by atoms with Gasteiger partial charge in [0.05, 0.1) is 11.9 Å². The van der Waals surface area contributed by atoms with Crippen LogP contribution in [0.4, 0.5) is 0 Å². The highest BCUT2D eigenvalue weighted by molar-refractivity contribution is 5.92. The Morgan fingerprint density at radius 2 is 2.10 bits per heavy atom. The number of nitrogens with one attached hydrogen (secondary N) is 1. The molecule has 6 heteroatoms. The molecule has 4 N–H and O–H groups in total. The number of hydrogen-bond acceptors (Lipinski definition) is 4. The van der Waals surface area contributed by atoms with Gasteiger partial charge in [0.2, 0.25) is 0 Å². The van der Waals surface area contributed by atoms with E-state index < -0.39 is 5.60 Å². The number of carbonyl (C=O) groups excluding carboxylic acids is 1. The quantitative estimate of drug-likeness (QED) is 0.752. The first-order valence-corrected chi connectivity index (χ1v) is 7.56. The minimum Gasteiger partial charge on any atom is -0.388 e. The fourth-order valence-corrected chi connectivity index (χ4v) is 2.65. The minimum atomic E-state index is -0.787. The van der Waals surface area contributed by atoms with Gasteiger partial charge in [-0.15, -0.1) is 0 Å². The zero-order valence-corrected chi connectivity index (χ0v) is 12.9. The topological polar surface area (TPSA) is 93.2 Å². The van der Waals surface area contributed by atoms with E-state index in [0.717, 1.165) is 25.7 Å². The van der Waals surface area contributed by atoms with Gasteiger partial charge in [0.15, 0.2) is 0 Å². The Bertz CT molecular complexity index is 486. The molecule has 1 aliphatic rings. The van der Waals surface area contributed by atoms with E-state index in [1.807, 2.05) is 0 Å². The lowest BCUT2D eigenvalue weighted by molar-refractivity contribution is -0.0233. The molecule has 118 valence electrons. The fraction of sp³-hybridized carbons (Fsp3) is 0.733. The van der Waals surface area contributed by atoms with Crippen LogP contribution in [0.15, 0.2) is 12.5 Å². The molecule has 6 nitrogen and oxygen atoms in total. The molecule has 1 heterocycles. The van der Waals surface area contributed by atoms with Gasteiger partial charge in [-0.05, 0) is 31.1 Å². The molecule has 0 unspecified atom stereocenters. The van der Waals surface area contributed by atoms with Crippen molar-refractivity contribution in [3.05, 3.63) is 18.2 Å². The van der Waals surface area contributed by atoms with Gasteiger partial charge in [0, 0.05) is 25.8 Å². The number of aromatic nitrogens is 2. The predicted octanol–water partition coefficient (Wildman–Crippen LogP) is 0.903. The minimum absolute atomic E-state index is 0.246. The van der Waals surface area contributed by atoms with Crippen molar-refractivity contribution in [1.82, 2.24) is 14.9 Å². The van der Waals surface area contributed by atoms with Gasteiger partial charge in [-0.25, -0.2) is 4.98 Å². The predicted molar refractivity (Wildman–Crippen MR) is 80.8 cm³/mol. The van der Waals surface area contributed by atoms with E-state index in [0.29, 0.717) is 18.8 Å². The highest BCUT2D eigenvalue weighted by Crippen LogP contribution is 2.39. The number of nitrogens with zero attached hydrogens (tertiary/aromatic N) is 2. The molecule has 0 aliphatic heterocycles. The van der Waals surface area contributed by atoms with Crippen molar-refractivity contribution in [2.24, 2.45) is 11.1 Å². The van der Waals surface area contributed by atoms with Crippen LogP contribution in [-0.2, 0) is 6.54 Å². The summed E-state index contributed by atoms with van der Waals surface area (Å²) in [6.45, 7) is 5.86. The van der Waals surface area contributed by atoms with E-state index in [1.54, 1.807) is 17.1 Å². The first kappa shape index (κ1) is 16.0. The maximum atomic E-state index is 12.0. The zero-order chi connectivity index (χ0) is 15.5. The average molecular weight is 294 g/mol. The maximum Gasteiger partial charge on any atom is 0.271 e. The number of nitrogens with two attached hydrogens (primary N) is 1. The third kappa shape index (κ3) is 4.28. The molecule has 1 aliphatic carbocycles. The molecule has 0 atom stereocenters. The van der Waals surface area contributed by atoms with Crippen molar-refractivity contribution < 1.29 is 9.90 Å². The monoisotopic (exact) mass is 294 g/mol. The van der Waals surface area contributed by atoms with Gasteiger partial charge in [0.1, 0.15) is 5.69 Å². The summed E-state index contributed by atoms with van der Waals surface area (Å²) in [5, 5.41) is 13.3. The van der Waals surface area contributed by atoms with Crippen LogP contribution >= 0.6 is 0 Å². The van der Waals surface area contributed by atoms with Crippen molar-refractivity contribution in [2.75, 3.05) is 13.1 Å². The van der Waals surface area contributed by atoms with Gasteiger partial charge in [-0.3, -0.25) is 4.79 Å². The second-order valence-electron chi connectivity index (χ2n) is 6.86.